The van der Waals surface area contributed by atoms with Crippen LogP contribution in [-0.2, 0) is 66.7 Å². The van der Waals surface area contributed by atoms with E-state index in [1.807, 2.05) is 13.8 Å². The topological polar surface area (TPSA) is 416 Å². The third kappa shape index (κ3) is 14.1. The second kappa shape index (κ2) is 27.0. The van der Waals surface area contributed by atoms with Crippen LogP contribution >= 0.6 is 0 Å². The van der Waals surface area contributed by atoms with Crippen molar-refractivity contribution in [3.8, 4) is 0 Å². The third-order valence-corrected chi connectivity index (χ3v) is 20.6. The molecule has 8 fully saturated rings. The van der Waals surface area contributed by atoms with E-state index in [1.54, 1.807) is 6.92 Å². The van der Waals surface area contributed by atoms with Gasteiger partial charge in [0.05, 0.1) is 48.8 Å². The Hall–Kier alpha value is -0.860. The summed E-state index contributed by atoms with van der Waals surface area (Å²) in [7, 11) is -4.88. The van der Waals surface area contributed by atoms with Crippen molar-refractivity contribution < 1.29 is 160 Å². The van der Waals surface area contributed by atoms with Crippen molar-refractivity contribution in [1.29, 1.82) is 0 Å². The summed E-state index contributed by atoms with van der Waals surface area (Å²) < 4.78 is 101. The van der Waals surface area contributed by atoms with Gasteiger partial charge in [-0.3, -0.25) is 9.35 Å². The number of hydrogen-bond acceptors (Lipinski definition) is 26. The number of rotatable bonds is 16. The zero-order valence-electron chi connectivity index (χ0n) is 49.8. The van der Waals surface area contributed by atoms with Crippen LogP contribution in [0.5, 0.6) is 0 Å². The molecule has 9 aliphatic rings. The molecule has 9 rings (SSSR count). The maximum atomic E-state index is 13.1. The van der Waals surface area contributed by atoms with E-state index in [0.29, 0.717) is 32.1 Å². The number of hydrogen-bond donors (Lipinski definition) is 13. The van der Waals surface area contributed by atoms with Gasteiger partial charge in [0, 0.05) is 6.42 Å². The molecule has 0 spiro atoms. The maximum Gasteiger partial charge on any atom is 1.00 e. The molecule has 482 valence electrons. The van der Waals surface area contributed by atoms with Crippen molar-refractivity contribution in [2.75, 3.05) is 6.61 Å². The summed E-state index contributed by atoms with van der Waals surface area (Å²) >= 11 is 0. The molecule has 33 atom stereocenters. The van der Waals surface area contributed by atoms with Crippen LogP contribution < -0.4 is 29.6 Å². The Morgan fingerprint density at radius 2 is 1.13 bits per heavy atom. The van der Waals surface area contributed by atoms with Crippen LogP contribution in [-0.4, -0.2) is 252 Å². The first-order chi connectivity index (χ1) is 39.1. The van der Waals surface area contributed by atoms with Crippen molar-refractivity contribution in [3.63, 3.8) is 0 Å². The Kier molecular flexibility index (Phi) is 22.2. The Labute approximate surface area is 517 Å². The largest absolute Gasteiger partial charge is 1.00 e. The summed E-state index contributed by atoms with van der Waals surface area (Å²) in [6.07, 6.45) is -34.3. The third-order valence-electron chi connectivity index (χ3n) is 20.0. The van der Waals surface area contributed by atoms with E-state index in [2.05, 4.69) is 19.9 Å². The Bertz CT molecular complexity index is 2470. The molecule has 29 heteroatoms. The molecule has 5 aliphatic heterocycles. The van der Waals surface area contributed by atoms with Gasteiger partial charge in [-0.15, -0.1) is 0 Å². The molecule has 5 heterocycles. The number of aliphatic hydroxyl groups excluding tert-OH is 11. The molecule has 0 aromatic heterocycles. The molecule has 27 nitrogen and oxygen atoms in total. The molecule has 3 saturated carbocycles. The van der Waals surface area contributed by atoms with Crippen LogP contribution in [0, 0.1) is 34.5 Å². The summed E-state index contributed by atoms with van der Waals surface area (Å²) in [6, 6.07) is 0. The van der Waals surface area contributed by atoms with E-state index < -0.39 is 199 Å². The monoisotopic (exact) mass is 1250 g/mol. The molecule has 5 saturated heterocycles. The first kappa shape index (κ1) is 70.0. The molecule has 0 radical (unpaired) electrons. The van der Waals surface area contributed by atoms with Crippen molar-refractivity contribution in [2.24, 2.45) is 34.5 Å². The maximum absolute atomic E-state index is 13.1. The minimum atomic E-state index is -4.88. The number of fused-ring (bicyclic) bond motifs is 5. The zero-order valence-corrected chi connectivity index (χ0v) is 52.6. The summed E-state index contributed by atoms with van der Waals surface area (Å²) in [5, 5.41) is 135. The first-order valence-electron chi connectivity index (χ1n) is 29.4. The fraction of sp³-hybridized carbons (Fsp3) is 0.911. The molecule has 85 heavy (non-hydrogen) atoms. The number of carbonyl (C=O) groups excluding carboxylic acids is 1. The summed E-state index contributed by atoms with van der Waals surface area (Å²) in [5.74, 6) is -1.09. The van der Waals surface area contributed by atoms with Crippen LogP contribution in [0.3, 0.4) is 0 Å². The quantitative estimate of drug-likeness (QED) is 0.0299. The number of ketones is 1. The Morgan fingerprint density at radius 3 is 1.69 bits per heavy atom. The van der Waals surface area contributed by atoms with Gasteiger partial charge in [0.15, 0.2) is 37.2 Å². The molecule has 0 aromatic carbocycles. The first-order valence-corrected chi connectivity index (χ1v) is 30.8. The molecule has 0 bridgehead atoms. The van der Waals surface area contributed by atoms with Crippen LogP contribution in [0.2, 0.25) is 0 Å². The predicted octanol–water partition coefficient (Wildman–Crippen LogP) is -4.72. The molecule has 4 aliphatic carbocycles. The normalized spacial score (nSPS) is 51.0. The second-order valence-corrected chi connectivity index (χ2v) is 27.2. The number of aliphatic hydroxyl groups is 12. The van der Waals surface area contributed by atoms with E-state index in [9.17, 15) is 79.0 Å². The summed E-state index contributed by atoms with van der Waals surface area (Å²) in [5.41, 5.74) is -0.475. The number of ether oxygens (including phenoxy) is 10. The van der Waals surface area contributed by atoms with E-state index in [4.69, 9.17) is 51.6 Å². The van der Waals surface area contributed by atoms with E-state index >= 15 is 0 Å². The van der Waals surface area contributed by atoms with Crippen LogP contribution in [0.1, 0.15) is 114 Å². The number of allylic oxidation sites excluding steroid dienone is 4. The Morgan fingerprint density at radius 1 is 0.624 bits per heavy atom. The average molecular weight is 1250 g/mol. The van der Waals surface area contributed by atoms with E-state index in [1.165, 1.54) is 33.8 Å². The van der Waals surface area contributed by atoms with Crippen LogP contribution in [0.25, 0.3) is 0 Å². The van der Waals surface area contributed by atoms with Crippen molar-refractivity contribution in [1.82, 2.24) is 0 Å². The predicted molar refractivity (Wildman–Crippen MR) is 284 cm³/mol. The summed E-state index contributed by atoms with van der Waals surface area (Å²) in [6.45, 7) is 14.7. The van der Waals surface area contributed by atoms with Gasteiger partial charge in [0.1, 0.15) is 91.6 Å². The van der Waals surface area contributed by atoms with Gasteiger partial charge in [0.2, 0.25) is 0 Å². The van der Waals surface area contributed by atoms with Crippen LogP contribution in [0.15, 0.2) is 23.3 Å². The fourth-order valence-electron chi connectivity index (χ4n) is 15.5. The van der Waals surface area contributed by atoms with Gasteiger partial charge >= 0.3 is 40.0 Å². The van der Waals surface area contributed by atoms with Gasteiger partial charge in [0.25, 0.3) is 0 Å². The number of carbonyl (C=O) groups is 1. The minimum Gasteiger partial charge on any atom is -0.389 e. The zero-order chi connectivity index (χ0) is 61.6. The van der Waals surface area contributed by atoms with Gasteiger partial charge in [-0.05, 0) is 134 Å². The van der Waals surface area contributed by atoms with Gasteiger partial charge < -0.3 is 109 Å². The van der Waals surface area contributed by atoms with Crippen LogP contribution in [0.4, 0.5) is 0 Å². The molecule has 33 unspecified atom stereocenters. The SMILES string of the molecule is CC(C)=CC(=O)CC(C)(O)C1CCC2C3CC(OC4OC(C)C(O)C(OC5OCC(OC6OC(C)C(O)C(O)C6OC6OC(C)C(O)C(O)C6O)C(O)C5OC5OC(C)C(O)C(O)C5O)C4O)C4CC(OS(=O)(=O)O)CCC4(C)C3=CCC21C.[Na+]. The molecule has 0 aromatic rings. The van der Waals surface area contributed by atoms with Gasteiger partial charge in [-0.2, -0.15) is 8.42 Å². The summed E-state index contributed by atoms with van der Waals surface area (Å²) in [4.78, 5) is 13.1. The van der Waals surface area contributed by atoms with Crippen molar-refractivity contribution in [2.45, 2.75) is 279 Å². The van der Waals surface area contributed by atoms with Gasteiger partial charge in [-0.1, -0.05) is 31.1 Å². The molecular weight excluding hydrogens is 1160 g/mol. The molecule has 13 N–H and O–H groups in total. The van der Waals surface area contributed by atoms with Gasteiger partial charge in [-0.25, -0.2) is 4.18 Å². The van der Waals surface area contributed by atoms with E-state index in [-0.39, 0.29) is 72.4 Å². The van der Waals surface area contributed by atoms with Crippen molar-refractivity contribution >= 4 is 16.2 Å². The Balaban J connectivity index is 0.00000940. The van der Waals surface area contributed by atoms with E-state index in [0.717, 1.165) is 11.1 Å². The average Bonchev–Trinajstić information content (AvgIpc) is 1.74. The second-order valence-electron chi connectivity index (χ2n) is 26.2. The van der Waals surface area contributed by atoms with Crippen molar-refractivity contribution in [3.05, 3.63) is 23.3 Å². The fourth-order valence-corrected chi connectivity index (χ4v) is 16.0. The minimum absolute atomic E-state index is 0. The molecular formula is C56H90NaO27S+. The smallest absolute Gasteiger partial charge is 0.389 e. The molecule has 0 amide bonds. The standard InChI is InChI=1S/C56H90O27S.Na/c1-21(2)16-26(57)19-56(9,69)34-11-10-29-28-18-32(31-17-27(83-84(70,71)72)12-14-54(31,7)30(28)13-15-55(29,34)8)78-51-45(68)46(38(61)25(6)76-51)80-52-47(81-49-43(66)40(63)35(58)22(3)74-49)39(62)33(20-73-52)79-53-48(42(65)37(60)24(5)77-53)82-50-44(67)41(64)36(59)23(4)75-50;/h13,16,22-25,27-29,31-53,58-69H,10-12,14-15,17-20H2,1-9H3,(H,70,71,72);/q;+1.